The summed E-state index contributed by atoms with van der Waals surface area (Å²) in [7, 11) is 2.59. The van der Waals surface area contributed by atoms with Gasteiger partial charge in [0.25, 0.3) is 0 Å². The van der Waals surface area contributed by atoms with Gasteiger partial charge in [0.15, 0.2) is 0 Å². The Morgan fingerprint density at radius 1 is 1.09 bits per heavy atom. The first-order valence-electron chi connectivity index (χ1n) is 9.82. The SMILES string of the molecule is COC(=O)c1ccc([C@@H]2c3[nH]c4ccc(Cl)cc4c3C[C@H](C(=O)OC)N2C(=O)CCl)cc1. The third kappa shape index (κ3) is 3.72. The van der Waals surface area contributed by atoms with Gasteiger partial charge in [0.05, 0.1) is 25.8 Å². The molecule has 2 aromatic carbocycles. The number of esters is 2. The molecule has 1 N–H and O–H groups in total. The summed E-state index contributed by atoms with van der Waals surface area (Å²) >= 11 is 12.2. The van der Waals surface area contributed by atoms with Crippen molar-refractivity contribution in [1.82, 2.24) is 9.88 Å². The molecule has 1 amide bonds. The lowest BCUT2D eigenvalue weighted by molar-refractivity contribution is -0.154. The second-order valence-corrected chi connectivity index (χ2v) is 8.10. The molecular weight excluding hydrogens is 455 g/mol. The lowest BCUT2D eigenvalue weighted by Crippen LogP contribution is -2.52. The number of alkyl halides is 1. The fourth-order valence-corrected chi connectivity index (χ4v) is 4.58. The van der Waals surface area contributed by atoms with Gasteiger partial charge < -0.3 is 19.4 Å². The summed E-state index contributed by atoms with van der Waals surface area (Å²) in [6, 6.07) is 10.6. The Hall–Kier alpha value is -3.03. The van der Waals surface area contributed by atoms with Crippen LogP contribution in [0, 0.1) is 0 Å². The normalized spacial score (nSPS) is 17.7. The van der Waals surface area contributed by atoms with Gasteiger partial charge in [0, 0.05) is 28.0 Å². The molecule has 1 aliphatic rings. The minimum Gasteiger partial charge on any atom is -0.467 e. The second-order valence-electron chi connectivity index (χ2n) is 7.40. The summed E-state index contributed by atoms with van der Waals surface area (Å²) in [6.07, 6.45) is 0.252. The molecule has 32 heavy (non-hydrogen) atoms. The molecule has 9 heteroatoms. The number of nitrogens with zero attached hydrogens (tertiary/aromatic N) is 1. The van der Waals surface area contributed by atoms with E-state index in [2.05, 4.69) is 4.98 Å². The lowest BCUT2D eigenvalue weighted by atomic mass is 9.87. The Balaban J connectivity index is 1.94. The van der Waals surface area contributed by atoms with Gasteiger partial charge in [0.2, 0.25) is 5.91 Å². The molecule has 0 bridgehead atoms. The third-order valence-corrected chi connectivity index (χ3v) is 6.17. The first-order valence-corrected chi connectivity index (χ1v) is 10.7. The second kappa shape index (κ2) is 8.84. The number of nitrogens with one attached hydrogen (secondary N) is 1. The monoisotopic (exact) mass is 474 g/mol. The molecule has 0 unspecified atom stereocenters. The zero-order valence-corrected chi connectivity index (χ0v) is 18.9. The van der Waals surface area contributed by atoms with Crippen molar-refractivity contribution in [3.05, 3.63) is 69.9 Å². The van der Waals surface area contributed by atoms with Crippen LogP contribution in [-0.4, -0.2) is 53.9 Å². The number of H-pyrrole nitrogens is 1. The molecule has 4 rings (SSSR count). The Kier molecular flexibility index (Phi) is 6.13. The summed E-state index contributed by atoms with van der Waals surface area (Å²) in [6.45, 7) is 0. The maximum Gasteiger partial charge on any atom is 0.337 e. The van der Waals surface area contributed by atoms with Gasteiger partial charge in [-0.2, -0.15) is 0 Å². The maximum absolute atomic E-state index is 13.0. The van der Waals surface area contributed by atoms with Gasteiger partial charge in [-0.15, -0.1) is 11.6 Å². The van der Waals surface area contributed by atoms with E-state index in [1.807, 2.05) is 12.1 Å². The number of amides is 1. The van der Waals surface area contributed by atoms with Crippen molar-refractivity contribution in [3.8, 4) is 0 Å². The highest BCUT2D eigenvalue weighted by molar-refractivity contribution is 6.31. The maximum atomic E-state index is 13.0. The van der Waals surface area contributed by atoms with Gasteiger partial charge in [-0.3, -0.25) is 4.79 Å². The molecule has 0 saturated heterocycles. The Labute approximate surface area is 194 Å². The van der Waals surface area contributed by atoms with Crippen LogP contribution >= 0.6 is 23.2 Å². The first-order chi connectivity index (χ1) is 15.4. The molecule has 2 heterocycles. The molecule has 1 aromatic heterocycles. The van der Waals surface area contributed by atoms with Gasteiger partial charge in [0.1, 0.15) is 11.9 Å². The van der Waals surface area contributed by atoms with E-state index < -0.39 is 29.9 Å². The number of aromatic nitrogens is 1. The fourth-order valence-electron chi connectivity index (χ4n) is 4.27. The van der Waals surface area contributed by atoms with E-state index in [9.17, 15) is 14.4 Å². The minimum absolute atomic E-state index is 0.252. The topological polar surface area (TPSA) is 88.7 Å². The average Bonchev–Trinajstić information content (AvgIpc) is 3.18. The van der Waals surface area contributed by atoms with Gasteiger partial charge in [-0.05, 0) is 41.5 Å². The molecule has 166 valence electrons. The summed E-state index contributed by atoms with van der Waals surface area (Å²) in [5.41, 5.74) is 3.53. The average molecular weight is 475 g/mol. The van der Waals surface area contributed by atoms with Crippen molar-refractivity contribution in [2.45, 2.75) is 18.5 Å². The minimum atomic E-state index is -0.873. The number of fused-ring (bicyclic) bond motifs is 3. The zero-order valence-electron chi connectivity index (χ0n) is 17.4. The Bertz CT molecular complexity index is 1210. The highest BCUT2D eigenvalue weighted by atomic mass is 35.5. The number of benzene rings is 2. The number of ether oxygens (including phenoxy) is 2. The van der Waals surface area contributed by atoms with E-state index in [0.29, 0.717) is 16.1 Å². The molecule has 7 nitrogen and oxygen atoms in total. The smallest absolute Gasteiger partial charge is 0.337 e. The van der Waals surface area contributed by atoms with Gasteiger partial charge >= 0.3 is 11.9 Å². The molecular formula is C23H20Cl2N2O5. The number of hydrogen-bond donors (Lipinski definition) is 1. The van der Waals surface area contributed by atoms with Crippen LogP contribution in [0.25, 0.3) is 10.9 Å². The van der Waals surface area contributed by atoms with E-state index in [0.717, 1.165) is 22.2 Å². The summed E-state index contributed by atoms with van der Waals surface area (Å²) < 4.78 is 9.79. The Morgan fingerprint density at radius 2 is 1.81 bits per heavy atom. The number of halogens is 2. The standard InChI is InChI=1S/C23H20Cl2N2O5/c1-31-22(29)13-5-3-12(4-6-13)21-20-16(15-9-14(25)7-8-17(15)26-20)10-18(23(30)32-2)27(21)19(28)11-24/h3-9,18,21,26H,10-11H2,1-2H3/t18-,21-/m1/s1. The van der Waals surface area contributed by atoms with Crippen LogP contribution in [0.3, 0.4) is 0 Å². The van der Waals surface area contributed by atoms with Crippen LogP contribution in [0.2, 0.25) is 5.02 Å². The van der Waals surface area contributed by atoms with Gasteiger partial charge in [-0.1, -0.05) is 23.7 Å². The number of methoxy groups -OCH3 is 2. The third-order valence-electron chi connectivity index (χ3n) is 5.71. The number of carbonyl (C=O) groups is 3. The fraction of sp³-hybridized carbons (Fsp3) is 0.261. The highest BCUT2D eigenvalue weighted by Crippen LogP contribution is 2.42. The van der Waals surface area contributed by atoms with Crippen molar-refractivity contribution >= 4 is 52.0 Å². The van der Waals surface area contributed by atoms with E-state index >= 15 is 0 Å². The van der Waals surface area contributed by atoms with E-state index in [4.69, 9.17) is 32.7 Å². The molecule has 0 saturated carbocycles. The molecule has 0 fully saturated rings. The summed E-state index contributed by atoms with van der Waals surface area (Å²) in [5, 5.41) is 1.43. The van der Waals surface area contributed by atoms with Crippen LogP contribution < -0.4 is 0 Å². The molecule has 1 aliphatic heterocycles. The first kappa shape index (κ1) is 22.2. The number of carbonyl (C=O) groups excluding carboxylic acids is 3. The molecule has 0 radical (unpaired) electrons. The highest BCUT2D eigenvalue weighted by Gasteiger charge is 2.43. The Morgan fingerprint density at radius 3 is 2.44 bits per heavy atom. The molecule has 0 aliphatic carbocycles. The van der Waals surface area contributed by atoms with Crippen LogP contribution in [0.4, 0.5) is 0 Å². The van der Waals surface area contributed by atoms with Crippen LogP contribution in [0.5, 0.6) is 0 Å². The lowest BCUT2D eigenvalue weighted by Gasteiger charge is -2.40. The number of aromatic amines is 1. The van der Waals surface area contributed by atoms with E-state index in [1.54, 1.807) is 30.3 Å². The van der Waals surface area contributed by atoms with Crippen molar-refractivity contribution in [3.63, 3.8) is 0 Å². The molecule has 2 atom stereocenters. The predicted octanol–water partition coefficient (Wildman–Crippen LogP) is 3.86. The van der Waals surface area contributed by atoms with E-state index in [1.165, 1.54) is 19.1 Å². The predicted molar refractivity (Wildman–Crippen MR) is 120 cm³/mol. The molecule has 3 aromatic rings. The number of hydrogen-bond acceptors (Lipinski definition) is 5. The quantitative estimate of drug-likeness (QED) is 0.458. The number of rotatable bonds is 4. The zero-order chi connectivity index (χ0) is 23.0. The van der Waals surface area contributed by atoms with Crippen molar-refractivity contribution < 1.29 is 23.9 Å². The summed E-state index contributed by atoms with van der Waals surface area (Å²) in [4.78, 5) is 42.4. The van der Waals surface area contributed by atoms with Crippen LogP contribution in [0.15, 0.2) is 42.5 Å². The molecule has 0 spiro atoms. The van der Waals surface area contributed by atoms with E-state index in [-0.39, 0.29) is 12.3 Å². The van der Waals surface area contributed by atoms with Crippen molar-refractivity contribution in [1.29, 1.82) is 0 Å². The summed E-state index contributed by atoms with van der Waals surface area (Å²) in [5.74, 6) is -1.72. The van der Waals surface area contributed by atoms with Crippen molar-refractivity contribution in [2.24, 2.45) is 0 Å². The van der Waals surface area contributed by atoms with Gasteiger partial charge in [-0.25, -0.2) is 9.59 Å². The van der Waals surface area contributed by atoms with Crippen molar-refractivity contribution in [2.75, 3.05) is 20.1 Å². The largest absolute Gasteiger partial charge is 0.467 e. The van der Waals surface area contributed by atoms with Crippen LogP contribution in [0.1, 0.15) is 33.2 Å². The van der Waals surface area contributed by atoms with Crippen LogP contribution in [-0.2, 0) is 25.5 Å².